The number of aryl methyl sites for hydroxylation is 1. The van der Waals surface area contributed by atoms with Crippen LogP contribution in [-0.2, 0) is 4.79 Å². The predicted molar refractivity (Wildman–Crippen MR) is 55.1 cm³/mol. The first-order valence-electron chi connectivity index (χ1n) is 4.48. The van der Waals surface area contributed by atoms with Gasteiger partial charge >= 0.3 is 5.97 Å². The second-order valence-electron chi connectivity index (χ2n) is 3.34. The van der Waals surface area contributed by atoms with Crippen molar-refractivity contribution < 1.29 is 19.9 Å². The Balaban J connectivity index is 3.43. The van der Waals surface area contributed by atoms with Crippen LogP contribution in [-0.4, -0.2) is 21.1 Å². The molecule has 17 heavy (non-hydrogen) atoms. The van der Waals surface area contributed by atoms with E-state index in [1.807, 2.05) is 0 Å². The molecule has 0 spiro atoms. The zero-order valence-electron chi connectivity index (χ0n) is 8.75. The molecule has 0 radical (unpaired) electrons. The molecule has 7 nitrogen and oxygen atoms in total. The number of carbonyl (C=O) groups is 1. The number of hydrogen-bond donors (Lipinski definition) is 2. The number of carboxylic acid groups (broad SMARTS) is 1. The number of aliphatic hydroxyl groups is 1. The number of hydrogen-bond acceptors (Lipinski definition) is 5. The molecule has 2 N–H and O–H groups in total. The molecular formula is C10H8N2O5. The maximum Gasteiger partial charge on any atom is 0.337 e. The number of benzene rings is 1. The van der Waals surface area contributed by atoms with E-state index in [-0.39, 0.29) is 22.4 Å². The van der Waals surface area contributed by atoms with Gasteiger partial charge in [0.05, 0.1) is 4.92 Å². The van der Waals surface area contributed by atoms with Crippen LogP contribution in [0, 0.1) is 28.4 Å². The fraction of sp³-hybridized carbons (Fsp3) is 0.200. The van der Waals surface area contributed by atoms with Gasteiger partial charge in [-0.3, -0.25) is 10.1 Å². The van der Waals surface area contributed by atoms with Gasteiger partial charge < -0.3 is 10.2 Å². The Labute approximate surface area is 95.7 Å². The fourth-order valence-electron chi connectivity index (χ4n) is 1.44. The first kappa shape index (κ1) is 12.6. The summed E-state index contributed by atoms with van der Waals surface area (Å²) in [4.78, 5) is 20.5. The number of rotatable bonds is 3. The molecule has 7 heteroatoms. The molecule has 1 unspecified atom stereocenters. The minimum atomic E-state index is -1.80. The average Bonchev–Trinajstić information content (AvgIpc) is 2.25. The van der Waals surface area contributed by atoms with Gasteiger partial charge in [-0.15, -0.1) is 0 Å². The molecule has 0 amide bonds. The standard InChI is InChI=1S/C10H8N2O5/c1-5-2-6(9(13)10(14)15)3-7(4-11)8(5)12(16)17/h2-3,9,13H,1H3,(H,14,15). The highest BCUT2D eigenvalue weighted by Gasteiger charge is 2.23. The van der Waals surface area contributed by atoms with Crippen LogP contribution in [0.3, 0.4) is 0 Å². The first-order valence-corrected chi connectivity index (χ1v) is 4.48. The van der Waals surface area contributed by atoms with Gasteiger partial charge in [0.1, 0.15) is 11.6 Å². The van der Waals surface area contributed by atoms with E-state index < -0.39 is 17.0 Å². The summed E-state index contributed by atoms with van der Waals surface area (Å²) in [6.45, 7) is 1.37. The Morgan fingerprint density at radius 3 is 2.59 bits per heavy atom. The Hall–Kier alpha value is -2.46. The lowest BCUT2D eigenvalue weighted by Crippen LogP contribution is -2.11. The van der Waals surface area contributed by atoms with Gasteiger partial charge in [0, 0.05) is 5.56 Å². The van der Waals surface area contributed by atoms with E-state index in [4.69, 9.17) is 10.4 Å². The summed E-state index contributed by atoms with van der Waals surface area (Å²) < 4.78 is 0. The second-order valence-corrected chi connectivity index (χ2v) is 3.34. The highest BCUT2D eigenvalue weighted by Crippen LogP contribution is 2.27. The number of nitrogens with zero attached hydrogens (tertiary/aromatic N) is 2. The zero-order chi connectivity index (χ0) is 13.2. The smallest absolute Gasteiger partial charge is 0.337 e. The third-order valence-electron chi connectivity index (χ3n) is 2.18. The van der Waals surface area contributed by atoms with Crippen LogP contribution < -0.4 is 0 Å². The molecule has 0 heterocycles. The largest absolute Gasteiger partial charge is 0.479 e. The number of nitro groups is 1. The minimum absolute atomic E-state index is 0.0582. The molecule has 88 valence electrons. The van der Waals surface area contributed by atoms with Gasteiger partial charge in [-0.05, 0) is 24.6 Å². The summed E-state index contributed by atoms with van der Waals surface area (Å²) in [5.41, 5.74) is -0.583. The maximum absolute atomic E-state index is 10.7. The van der Waals surface area contributed by atoms with E-state index in [1.165, 1.54) is 13.0 Å². The van der Waals surface area contributed by atoms with Crippen molar-refractivity contribution in [1.29, 1.82) is 5.26 Å². The van der Waals surface area contributed by atoms with Gasteiger partial charge in [-0.2, -0.15) is 5.26 Å². The summed E-state index contributed by atoms with van der Waals surface area (Å²) in [6, 6.07) is 3.79. The van der Waals surface area contributed by atoms with E-state index in [0.29, 0.717) is 0 Å². The van der Waals surface area contributed by atoms with Crippen LogP contribution in [0.1, 0.15) is 22.8 Å². The molecule has 1 rings (SSSR count). The van der Waals surface area contributed by atoms with Gasteiger partial charge in [-0.25, -0.2) is 4.79 Å². The van der Waals surface area contributed by atoms with Crippen molar-refractivity contribution in [3.8, 4) is 6.07 Å². The Bertz CT molecular complexity index is 532. The highest BCUT2D eigenvalue weighted by atomic mass is 16.6. The van der Waals surface area contributed by atoms with Gasteiger partial charge in [0.15, 0.2) is 6.10 Å². The third kappa shape index (κ3) is 2.38. The zero-order valence-corrected chi connectivity index (χ0v) is 8.75. The molecule has 0 saturated heterocycles. The number of aliphatic hydroxyl groups excluding tert-OH is 1. The van der Waals surface area contributed by atoms with Gasteiger partial charge in [0.25, 0.3) is 5.69 Å². The predicted octanol–water partition coefficient (Wildman–Crippen LogP) is 0.893. The molecule has 0 bridgehead atoms. The maximum atomic E-state index is 10.7. The van der Waals surface area contributed by atoms with Crippen LogP contribution >= 0.6 is 0 Å². The number of aliphatic carboxylic acids is 1. The Morgan fingerprint density at radius 1 is 1.59 bits per heavy atom. The molecule has 0 aliphatic heterocycles. The summed E-state index contributed by atoms with van der Waals surface area (Å²) in [5.74, 6) is -1.48. The second kappa shape index (κ2) is 4.59. The van der Waals surface area contributed by atoms with Crippen molar-refractivity contribution in [2.45, 2.75) is 13.0 Å². The summed E-state index contributed by atoms with van der Waals surface area (Å²) in [5, 5.41) is 37.3. The monoisotopic (exact) mass is 236 g/mol. The molecule has 1 atom stereocenters. The van der Waals surface area contributed by atoms with Crippen molar-refractivity contribution in [3.05, 3.63) is 38.9 Å². The molecule has 0 aliphatic carbocycles. The third-order valence-corrected chi connectivity index (χ3v) is 2.18. The van der Waals surface area contributed by atoms with E-state index in [0.717, 1.165) is 6.07 Å². The van der Waals surface area contributed by atoms with Crippen molar-refractivity contribution >= 4 is 11.7 Å². The topological polar surface area (TPSA) is 124 Å². The van der Waals surface area contributed by atoms with Crippen molar-refractivity contribution in [2.24, 2.45) is 0 Å². The summed E-state index contributed by atoms with van der Waals surface area (Å²) in [7, 11) is 0. The van der Waals surface area contributed by atoms with E-state index in [2.05, 4.69) is 0 Å². The summed E-state index contributed by atoms with van der Waals surface area (Å²) in [6.07, 6.45) is -1.80. The lowest BCUT2D eigenvalue weighted by atomic mass is 10.0. The van der Waals surface area contributed by atoms with Crippen LogP contribution in [0.15, 0.2) is 12.1 Å². The van der Waals surface area contributed by atoms with Crippen LogP contribution in [0.4, 0.5) is 5.69 Å². The molecule has 1 aromatic carbocycles. The normalized spacial score (nSPS) is 11.6. The molecule has 1 aromatic rings. The summed E-state index contributed by atoms with van der Waals surface area (Å²) >= 11 is 0. The Kier molecular flexibility index (Phi) is 3.40. The van der Waals surface area contributed by atoms with Gasteiger partial charge in [0.2, 0.25) is 0 Å². The lowest BCUT2D eigenvalue weighted by Gasteiger charge is -2.08. The van der Waals surface area contributed by atoms with E-state index >= 15 is 0 Å². The number of nitro benzene ring substituents is 1. The molecule has 0 saturated carbocycles. The Morgan fingerprint density at radius 2 is 2.18 bits per heavy atom. The first-order chi connectivity index (χ1) is 7.88. The fourth-order valence-corrected chi connectivity index (χ4v) is 1.44. The lowest BCUT2D eigenvalue weighted by molar-refractivity contribution is -0.385. The molecule has 0 fully saturated rings. The van der Waals surface area contributed by atoms with Crippen molar-refractivity contribution in [3.63, 3.8) is 0 Å². The van der Waals surface area contributed by atoms with E-state index in [9.17, 15) is 20.0 Å². The van der Waals surface area contributed by atoms with Crippen LogP contribution in [0.5, 0.6) is 0 Å². The van der Waals surface area contributed by atoms with Crippen molar-refractivity contribution in [1.82, 2.24) is 0 Å². The number of nitriles is 1. The minimum Gasteiger partial charge on any atom is -0.479 e. The quantitative estimate of drug-likeness (QED) is 0.593. The van der Waals surface area contributed by atoms with Crippen LogP contribution in [0.2, 0.25) is 0 Å². The van der Waals surface area contributed by atoms with Crippen LogP contribution in [0.25, 0.3) is 0 Å². The molecule has 0 aromatic heterocycles. The SMILES string of the molecule is Cc1cc(C(O)C(=O)O)cc(C#N)c1[N+](=O)[O-]. The molecular weight excluding hydrogens is 228 g/mol. The highest BCUT2D eigenvalue weighted by molar-refractivity contribution is 5.75. The van der Waals surface area contributed by atoms with Crippen molar-refractivity contribution in [2.75, 3.05) is 0 Å². The average molecular weight is 236 g/mol. The molecule has 0 aliphatic rings. The van der Waals surface area contributed by atoms with Gasteiger partial charge in [-0.1, -0.05) is 0 Å². The van der Waals surface area contributed by atoms with E-state index in [1.54, 1.807) is 6.07 Å². The number of carboxylic acids is 1.